The Morgan fingerprint density at radius 1 is 1.26 bits per heavy atom. The Bertz CT molecular complexity index is 1340. The SMILES string of the molecule is Cc1ccccc1Cn1cnc2c(cnn2CCNC(=O)c2ccc([N+](=O)[O-])o2)c1=O. The predicted octanol–water partition coefficient (Wildman–Crippen LogP) is 1.88. The van der Waals surface area contributed by atoms with Gasteiger partial charge in [0, 0.05) is 6.54 Å². The van der Waals surface area contributed by atoms with E-state index in [1.54, 1.807) is 0 Å². The van der Waals surface area contributed by atoms with Gasteiger partial charge in [-0.25, -0.2) is 9.67 Å². The molecule has 31 heavy (non-hydrogen) atoms. The zero-order valence-electron chi connectivity index (χ0n) is 16.5. The fraction of sp³-hybridized carbons (Fsp3) is 0.200. The number of hydrogen-bond acceptors (Lipinski definition) is 7. The molecule has 0 aliphatic heterocycles. The summed E-state index contributed by atoms with van der Waals surface area (Å²) >= 11 is 0. The van der Waals surface area contributed by atoms with Gasteiger partial charge in [0.2, 0.25) is 0 Å². The van der Waals surface area contributed by atoms with Gasteiger partial charge in [-0.15, -0.1) is 0 Å². The molecule has 0 saturated carbocycles. The van der Waals surface area contributed by atoms with Crippen molar-refractivity contribution in [1.29, 1.82) is 0 Å². The monoisotopic (exact) mass is 422 g/mol. The van der Waals surface area contributed by atoms with Crippen molar-refractivity contribution in [3.63, 3.8) is 0 Å². The van der Waals surface area contributed by atoms with Gasteiger partial charge in [0.25, 0.3) is 11.5 Å². The average molecular weight is 422 g/mol. The molecular weight excluding hydrogens is 404 g/mol. The second kappa shape index (κ2) is 8.22. The Balaban J connectivity index is 1.45. The largest absolute Gasteiger partial charge is 0.433 e. The molecule has 0 saturated heterocycles. The molecule has 3 aromatic heterocycles. The summed E-state index contributed by atoms with van der Waals surface area (Å²) in [5, 5.41) is 17.8. The van der Waals surface area contributed by atoms with Gasteiger partial charge in [0.1, 0.15) is 16.6 Å². The Morgan fingerprint density at radius 2 is 2.06 bits per heavy atom. The van der Waals surface area contributed by atoms with E-state index in [-0.39, 0.29) is 24.4 Å². The minimum absolute atomic E-state index is 0.158. The Labute approximate surface area is 175 Å². The molecular formula is C20H18N6O5. The number of aromatic nitrogens is 4. The van der Waals surface area contributed by atoms with Crippen molar-refractivity contribution in [2.75, 3.05) is 6.54 Å². The zero-order chi connectivity index (χ0) is 22.0. The molecule has 0 aliphatic carbocycles. The van der Waals surface area contributed by atoms with Gasteiger partial charge in [-0.2, -0.15) is 5.10 Å². The van der Waals surface area contributed by atoms with E-state index in [1.807, 2.05) is 31.2 Å². The molecule has 4 rings (SSSR count). The molecule has 11 nitrogen and oxygen atoms in total. The molecule has 1 N–H and O–H groups in total. The van der Waals surface area contributed by atoms with E-state index in [1.165, 1.54) is 27.8 Å². The number of amides is 1. The second-order valence-electron chi connectivity index (χ2n) is 6.86. The van der Waals surface area contributed by atoms with E-state index < -0.39 is 16.7 Å². The second-order valence-corrected chi connectivity index (χ2v) is 6.86. The van der Waals surface area contributed by atoms with Crippen LogP contribution in [0.3, 0.4) is 0 Å². The average Bonchev–Trinajstić information content (AvgIpc) is 3.40. The number of furan rings is 1. The minimum atomic E-state index is -0.718. The van der Waals surface area contributed by atoms with Crippen molar-refractivity contribution in [2.45, 2.75) is 20.0 Å². The maximum Gasteiger partial charge on any atom is 0.433 e. The fourth-order valence-corrected chi connectivity index (χ4v) is 3.16. The first-order valence-corrected chi connectivity index (χ1v) is 9.42. The first-order chi connectivity index (χ1) is 14.9. The van der Waals surface area contributed by atoms with Gasteiger partial charge in [-0.3, -0.25) is 24.3 Å². The summed E-state index contributed by atoms with van der Waals surface area (Å²) in [5.41, 5.74) is 2.32. The predicted molar refractivity (Wildman–Crippen MR) is 110 cm³/mol. The van der Waals surface area contributed by atoms with Crippen LogP contribution < -0.4 is 10.9 Å². The number of fused-ring (bicyclic) bond motifs is 1. The molecule has 1 aromatic carbocycles. The molecule has 0 unspecified atom stereocenters. The van der Waals surface area contributed by atoms with Crippen LogP contribution in [0.1, 0.15) is 21.7 Å². The van der Waals surface area contributed by atoms with E-state index in [4.69, 9.17) is 4.42 Å². The van der Waals surface area contributed by atoms with Crippen LogP contribution >= 0.6 is 0 Å². The van der Waals surface area contributed by atoms with Crippen LogP contribution in [0.25, 0.3) is 11.0 Å². The zero-order valence-corrected chi connectivity index (χ0v) is 16.5. The number of rotatable bonds is 7. The third kappa shape index (κ3) is 4.06. The van der Waals surface area contributed by atoms with Gasteiger partial charge in [0.05, 0.1) is 25.4 Å². The van der Waals surface area contributed by atoms with Crippen molar-refractivity contribution in [1.82, 2.24) is 24.6 Å². The molecule has 11 heteroatoms. The first kappa shape index (κ1) is 20.0. The maximum atomic E-state index is 12.8. The van der Waals surface area contributed by atoms with Crippen molar-refractivity contribution < 1.29 is 14.1 Å². The summed E-state index contributed by atoms with van der Waals surface area (Å²) in [6.07, 6.45) is 2.94. The summed E-state index contributed by atoms with van der Waals surface area (Å²) in [5.74, 6) is -1.25. The Morgan fingerprint density at radius 3 is 2.81 bits per heavy atom. The van der Waals surface area contributed by atoms with Gasteiger partial charge >= 0.3 is 5.88 Å². The number of benzene rings is 1. The van der Waals surface area contributed by atoms with Gasteiger partial charge in [-0.1, -0.05) is 24.3 Å². The molecule has 158 valence electrons. The molecule has 0 atom stereocenters. The molecule has 0 spiro atoms. The number of nitro groups is 1. The highest BCUT2D eigenvalue weighted by atomic mass is 16.6. The highest BCUT2D eigenvalue weighted by Crippen LogP contribution is 2.15. The standard InChI is InChI=1S/C20H18N6O5/c1-13-4-2-3-5-14(13)11-24-12-22-18-15(20(24)28)10-23-25(18)9-8-21-19(27)16-6-7-17(31-16)26(29)30/h2-7,10,12H,8-9,11H2,1H3,(H,21,27). The van der Waals surface area contributed by atoms with Crippen LogP contribution in [-0.4, -0.2) is 36.7 Å². The lowest BCUT2D eigenvalue weighted by Gasteiger charge is -2.09. The van der Waals surface area contributed by atoms with Gasteiger partial charge < -0.3 is 9.73 Å². The summed E-state index contributed by atoms with van der Waals surface area (Å²) in [7, 11) is 0. The lowest BCUT2D eigenvalue weighted by atomic mass is 10.1. The van der Waals surface area contributed by atoms with E-state index in [0.717, 1.165) is 17.2 Å². The van der Waals surface area contributed by atoms with Crippen LogP contribution in [0.2, 0.25) is 0 Å². The summed E-state index contributed by atoms with van der Waals surface area (Å²) < 4.78 is 7.90. The fourth-order valence-electron chi connectivity index (χ4n) is 3.16. The number of nitrogens with one attached hydrogen (secondary N) is 1. The lowest BCUT2D eigenvalue weighted by Crippen LogP contribution is -2.27. The molecule has 1 amide bonds. The van der Waals surface area contributed by atoms with Crippen molar-refractivity contribution in [2.24, 2.45) is 0 Å². The third-order valence-electron chi connectivity index (χ3n) is 4.83. The highest BCUT2D eigenvalue weighted by molar-refractivity contribution is 5.91. The molecule has 0 bridgehead atoms. The van der Waals surface area contributed by atoms with Gasteiger partial charge in [-0.05, 0) is 24.1 Å². The van der Waals surface area contributed by atoms with Crippen LogP contribution in [0, 0.1) is 17.0 Å². The molecule has 0 radical (unpaired) electrons. The van der Waals surface area contributed by atoms with E-state index in [2.05, 4.69) is 15.4 Å². The van der Waals surface area contributed by atoms with Crippen LogP contribution in [-0.2, 0) is 13.1 Å². The van der Waals surface area contributed by atoms with Crippen LogP contribution in [0.4, 0.5) is 5.88 Å². The third-order valence-corrected chi connectivity index (χ3v) is 4.83. The highest BCUT2D eigenvalue weighted by Gasteiger charge is 2.17. The van der Waals surface area contributed by atoms with E-state index in [9.17, 15) is 19.7 Å². The van der Waals surface area contributed by atoms with Crippen LogP contribution in [0.5, 0.6) is 0 Å². The Hall–Kier alpha value is -4.28. The first-order valence-electron chi connectivity index (χ1n) is 9.42. The number of hydrogen-bond donors (Lipinski definition) is 1. The molecule has 3 heterocycles. The molecule has 0 aliphatic rings. The Kier molecular flexibility index (Phi) is 5.31. The number of nitrogens with zero attached hydrogens (tertiary/aromatic N) is 5. The number of aryl methyl sites for hydroxylation is 1. The minimum Gasteiger partial charge on any atom is -0.395 e. The van der Waals surface area contributed by atoms with Crippen LogP contribution in [0.15, 0.2) is 58.1 Å². The smallest absolute Gasteiger partial charge is 0.395 e. The number of carbonyl (C=O) groups excluding carboxylic acids is 1. The van der Waals surface area contributed by atoms with E-state index >= 15 is 0 Å². The quantitative estimate of drug-likeness (QED) is 0.354. The summed E-state index contributed by atoms with van der Waals surface area (Å²) in [6.45, 7) is 2.81. The normalized spacial score (nSPS) is 11.0. The molecule has 4 aromatic rings. The van der Waals surface area contributed by atoms with Crippen molar-refractivity contribution >= 4 is 22.8 Å². The maximum absolute atomic E-state index is 12.8. The van der Waals surface area contributed by atoms with Gasteiger partial charge in [0.15, 0.2) is 11.4 Å². The van der Waals surface area contributed by atoms with Crippen molar-refractivity contribution in [3.8, 4) is 0 Å². The lowest BCUT2D eigenvalue weighted by molar-refractivity contribution is -0.402. The molecule has 0 fully saturated rings. The topological polar surface area (TPSA) is 138 Å². The van der Waals surface area contributed by atoms with Crippen molar-refractivity contribution in [3.05, 3.63) is 86.3 Å². The summed E-state index contributed by atoms with van der Waals surface area (Å²) in [4.78, 5) is 39.1. The van der Waals surface area contributed by atoms with E-state index in [0.29, 0.717) is 17.6 Å². The summed E-state index contributed by atoms with van der Waals surface area (Å²) in [6, 6.07) is 10.2. The number of carbonyl (C=O) groups is 1.